The molecule has 0 saturated carbocycles. The zero-order chi connectivity index (χ0) is 9.42. The maximum atomic E-state index is 11.2. The molecule has 3 nitrogen and oxygen atoms in total. The summed E-state index contributed by atoms with van der Waals surface area (Å²) < 4.78 is 5.99. The summed E-state index contributed by atoms with van der Waals surface area (Å²) in [4.78, 5) is 11.2. The molecule has 4 heteroatoms. The third-order valence-electron chi connectivity index (χ3n) is 1.88. The predicted molar refractivity (Wildman–Crippen MR) is 52.9 cm³/mol. The van der Waals surface area contributed by atoms with Crippen molar-refractivity contribution in [2.24, 2.45) is 0 Å². The smallest absolute Gasteiger partial charge is 0.333 e. The fourth-order valence-electron chi connectivity index (χ4n) is 1.19. The molecule has 0 saturated heterocycles. The van der Waals surface area contributed by atoms with Crippen molar-refractivity contribution in [3.05, 3.63) is 22.7 Å². The number of nitrogens with one attached hydrogen (secondary N) is 1. The zero-order valence-electron chi connectivity index (χ0n) is 7.00. The summed E-state index contributed by atoms with van der Waals surface area (Å²) in [6, 6.07) is 5.28. The minimum absolute atomic E-state index is 0.245. The number of hydrogen-bond acceptors (Lipinski definition) is 3. The van der Waals surface area contributed by atoms with Gasteiger partial charge in [-0.3, -0.25) is 0 Å². The van der Waals surface area contributed by atoms with Crippen molar-refractivity contribution >= 4 is 27.6 Å². The lowest BCUT2D eigenvalue weighted by Gasteiger charge is -2.22. The standard InChI is InChI=1S/C9H8BrNO2/c1-5-9(12)13-8-4-6(10)2-3-7(8)11-5/h2-5,11H,1H3. The van der Waals surface area contributed by atoms with Crippen molar-refractivity contribution < 1.29 is 9.53 Å². The summed E-state index contributed by atoms with van der Waals surface area (Å²) in [5, 5.41) is 3.04. The quantitative estimate of drug-likeness (QED) is 0.559. The summed E-state index contributed by atoms with van der Waals surface area (Å²) >= 11 is 3.31. The summed E-state index contributed by atoms with van der Waals surface area (Å²) in [6.07, 6.45) is 0. The molecule has 1 heterocycles. The molecule has 0 aromatic heterocycles. The first kappa shape index (κ1) is 8.56. The molecule has 1 atom stereocenters. The van der Waals surface area contributed by atoms with E-state index in [9.17, 15) is 4.79 Å². The largest absolute Gasteiger partial charge is 0.423 e. The molecule has 13 heavy (non-hydrogen) atoms. The average Bonchev–Trinajstić information content (AvgIpc) is 2.08. The van der Waals surface area contributed by atoms with Crippen molar-refractivity contribution in [2.75, 3.05) is 5.32 Å². The molecule has 1 N–H and O–H groups in total. The first-order valence-corrected chi connectivity index (χ1v) is 4.74. The van der Waals surface area contributed by atoms with Crippen LogP contribution < -0.4 is 10.1 Å². The third-order valence-corrected chi connectivity index (χ3v) is 2.37. The number of rotatable bonds is 0. The number of anilines is 1. The fourth-order valence-corrected chi connectivity index (χ4v) is 1.53. The molecule has 1 unspecified atom stereocenters. The van der Waals surface area contributed by atoms with Gasteiger partial charge in [-0.05, 0) is 25.1 Å². The molecule has 1 aromatic carbocycles. The molecule has 0 amide bonds. The lowest BCUT2D eigenvalue weighted by molar-refractivity contribution is -0.135. The lowest BCUT2D eigenvalue weighted by atomic mass is 10.2. The van der Waals surface area contributed by atoms with E-state index < -0.39 is 0 Å². The number of carbonyl (C=O) groups excluding carboxylic acids is 1. The van der Waals surface area contributed by atoms with Crippen molar-refractivity contribution in [2.45, 2.75) is 13.0 Å². The van der Waals surface area contributed by atoms with Gasteiger partial charge in [0.15, 0.2) is 5.75 Å². The Bertz CT molecular complexity index is 365. The minimum Gasteiger partial charge on any atom is -0.423 e. The Balaban J connectivity index is 2.42. The second-order valence-electron chi connectivity index (χ2n) is 2.93. The van der Waals surface area contributed by atoms with Gasteiger partial charge < -0.3 is 10.1 Å². The Morgan fingerprint density at radius 2 is 2.31 bits per heavy atom. The number of ether oxygens (including phenoxy) is 1. The monoisotopic (exact) mass is 241 g/mol. The first-order valence-electron chi connectivity index (χ1n) is 3.94. The van der Waals surface area contributed by atoms with Crippen LogP contribution in [0.15, 0.2) is 22.7 Å². The van der Waals surface area contributed by atoms with Crippen LogP contribution in [-0.2, 0) is 4.79 Å². The summed E-state index contributed by atoms with van der Waals surface area (Å²) in [5.41, 5.74) is 0.857. The van der Waals surface area contributed by atoms with Gasteiger partial charge in [0.05, 0.1) is 5.69 Å². The van der Waals surface area contributed by atoms with Gasteiger partial charge in [0.2, 0.25) is 0 Å². The van der Waals surface area contributed by atoms with E-state index in [-0.39, 0.29) is 12.0 Å². The van der Waals surface area contributed by atoms with E-state index in [4.69, 9.17) is 4.74 Å². The van der Waals surface area contributed by atoms with Gasteiger partial charge in [0, 0.05) is 4.47 Å². The molecule has 0 fully saturated rings. The van der Waals surface area contributed by atoms with Crippen LogP contribution in [0.1, 0.15) is 6.92 Å². The van der Waals surface area contributed by atoms with Crippen molar-refractivity contribution in [3.8, 4) is 5.75 Å². The van der Waals surface area contributed by atoms with Crippen molar-refractivity contribution in [3.63, 3.8) is 0 Å². The molecule has 2 rings (SSSR count). The van der Waals surface area contributed by atoms with Crippen molar-refractivity contribution in [1.29, 1.82) is 0 Å². The lowest BCUT2D eigenvalue weighted by Crippen LogP contribution is -2.34. The number of carbonyl (C=O) groups is 1. The number of hydrogen-bond donors (Lipinski definition) is 1. The van der Waals surface area contributed by atoms with Gasteiger partial charge in [-0.2, -0.15) is 0 Å². The summed E-state index contributed by atoms with van der Waals surface area (Å²) in [7, 11) is 0. The van der Waals surface area contributed by atoms with E-state index in [2.05, 4.69) is 21.2 Å². The molecule has 0 radical (unpaired) electrons. The minimum atomic E-state index is -0.270. The average molecular weight is 242 g/mol. The molecular formula is C9H8BrNO2. The zero-order valence-corrected chi connectivity index (χ0v) is 8.59. The van der Waals surface area contributed by atoms with Crippen LogP contribution in [0.2, 0.25) is 0 Å². The van der Waals surface area contributed by atoms with Crippen LogP contribution in [0.3, 0.4) is 0 Å². The van der Waals surface area contributed by atoms with E-state index in [1.807, 2.05) is 12.1 Å². The van der Waals surface area contributed by atoms with E-state index in [0.29, 0.717) is 5.75 Å². The number of esters is 1. The second kappa shape index (κ2) is 3.03. The van der Waals surface area contributed by atoms with Gasteiger partial charge in [0.1, 0.15) is 6.04 Å². The number of benzene rings is 1. The Morgan fingerprint density at radius 3 is 3.08 bits per heavy atom. The van der Waals surface area contributed by atoms with Crippen LogP contribution in [-0.4, -0.2) is 12.0 Å². The van der Waals surface area contributed by atoms with Crippen LogP contribution in [0.4, 0.5) is 5.69 Å². The highest BCUT2D eigenvalue weighted by Gasteiger charge is 2.23. The normalized spacial score (nSPS) is 20.2. The fraction of sp³-hybridized carbons (Fsp3) is 0.222. The van der Waals surface area contributed by atoms with E-state index in [0.717, 1.165) is 10.2 Å². The van der Waals surface area contributed by atoms with Crippen LogP contribution >= 0.6 is 15.9 Å². The molecule has 1 aliphatic heterocycles. The summed E-state index contributed by atoms with van der Waals surface area (Å²) in [5.74, 6) is 0.336. The highest BCUT2D eigenvalue weighted by molar-refractivity contribution is 9.10. The SMILES string of the molecule is CC1Nc2ccc(Br)cc2OC1=O. The molecule has 0 bridgehead atoms. The van der Waals surface area contributed by atoms with E-state index in [1.54, 1.807) is 13.0 Å². The maximum Gasteiger partial charge on any atom is 0.333 e. The van der Waals surface area contributed by atoms with Crippen LogP contribution in [0.25, 0.3) is 0 Å². The Kier molecular flexibility index (Phi) is 2.00. The molecular weight excluding hydrogens is 234 g/mol. The molecule has 1 aliphatic rings. The van der Waals surface area contributed by atoms with Crippen molar-refractivity contribution in [1.82, 2.24) is 0 Å². The molecule has 68 valence electrons. The van der Waals surface area contributed by atoms with Gasteiger partial charge in [-0.15, -0.1) is 0 Å². The number of fused-ring (bicyclic) bond motifs is 1. The third kappa shape index (κ3) is 1.54. The Labute approximate surface area is 84.2 Å². The number of halogens is 1. The van der Waals surface area contributed by atoms with Gasteiger partial charge >= 0.3 is 5.97 Å². The van der Waals surface area contributed by atoms with Gasteiger partial charge in [-0.1, -0.05) is 15.9 Å². The maximum absolute atomic E-state index is 11.2. The first-order chi connectivity index (χ1) is 6.16. The van der Waals surface area contributed by atoms with Crippen LogP contribution in [0, 0.1) is 0 Å². The molecule has 0 aliphatic carbocycles. The highest BCUT2D eigenvalue weighted by atomic mass is 79.9. The predicted octanol–water partition coefficient (Wildman–Crippen LogP) is 2.17. The molecule has 0 spiro atoms. The van der Waals surface area contributed by atoms with E-state index in [1.165, 1.54) is 0 Å². The topological polar surface area (TPSA) is 38.3 Å². The van der Waals surface area contributed by atoms with Crippen LogP contribution in [0.5, 0.6) is 5.75 Å². The summed E-state index contributed by atoms with van der Waals surface area (Å²) in [6.45, 7) is 1.77. The van der Waals surface area contributed by atoms with Gasteiger partial charge in [0.25, 0.3) is 0 Å². The Morgan fingerprint density at radius 1 is 1.54 bits per heavy atom. The van der Waals surface area contributed by atoms with E-state index >= 15 is 0 Å². The highest BCUT2D eigenvalue weighted by Crippen LogP contribution is 2.31. The van der Waals surface area contributed by atoms with Gasteiger partial charge in [-0.25, -0.2) is 4.79 Å². The second-order valence-corrected chi connectivity index (χ2v) is 3.84. The molecule has 1 aromatic rings. The Hall–Kier alpha value is -1.03.